The number of hydrogen-bond donors (Lipinski definition) is 3. The van der Waals surface area contributed by atoms with Crippen LogP contribution in [0.4, 0.5) is 0 Å². The van der Waals surface area contributed by atoms with E-state index in [9.17, 15) is 4.79 Å². The van der Waals surface area contributed by atoms with E-state index in [-0.39, 0.29) is 18.3 Å². The molecule has 1 unspecified atom stereocenters. The van der Waals surface area contributed by atoms with Crippen LogP contribution < -0.4 is 11.1 Å². The minimum atomic E-state index is -0.754. The Morgan fingerprint density at radius 3 is 3.00 bits per heavy atom. The third-order valence-electron chi connectivity index (χ3n) is 2.26. The zero-order chi connectivity index (χ0) is 10.6. The maximum Gasteiger partial charge on any atom is 0.252 e. The van der Waals surface area contributed by atoms with E-state index in [1.807, 2.05) is 0 Å². The maximum atomic E-state index is 11.6. The maximum absolute atomic E-state index is 11.6. The zero-order valence-electron chi connectivity index (χ0n) is 8.12. The van der Waals surface area contributed by atoms with Gasteiger partial charge < -0.3 is 21.0 Å². The number of nitrogens with two attached hydrogens (primary N) is 1. The highest BCUT2D eigenvalue weighted by molar-refractivity contribution is 5.90. The van der Waals surface area contributed by atoms with Gasteiger partial charge in [-0.25, -0.2) is 0 Å². The monoisotopic (exact) mass is 201 g/mol. The van der Waals surface area contributed by atoms with Crippen LogP contribution in [0.25, 0.3) is 0 Å². The van der Waals surface area contributed by atoms with Gasteiger partial charge in [0.2, 0.25) is 0 Å². The van der Waals surface area contributed by atoms with E-state index in [0.29, 0.717) is 13.0 Å². The van der Waals surface area contributed by atoms with E-state index in [1.54, 1.807) is 6.92 Å². The fourth-order valence-corrected chi connectivity index (χ4v) is 1.35. The molecule has 0 spiro atoms. The van der Waals surface area contributed by atoms with Crippen molar-refractivity contribution in [1.29, 1.82) is 0 Å². The summed E-state index contributed by atoms with van der Waals surface area (Å²) in [6.07, 6.45) is 1.59. The van der Waals surface area contributed by atoms with Crippen LogP contribution in [0, 0.1) is 0 Å². The van der Waals surface area contributed by atoms with Gasteiger partial charge in [-0.1, -0.05) is 5.16 Å². The number of amidine groups is 1. The molecule has 0 aromatic carbocycles. The van der Waals surface area contributed by atoms with Crippen LogP contribution in [-0.2, 0) is 9.53 Å². The average Bonchev–Trinajstić information content (AvgIpc) is 2.62. The van der Waals surface area contributed by atoms with Crippen molar-refractivity contribution in [1.82, 2.24) is 5.32 Å². The minimum Gasteiger partial charge on any atom is -0.409 e. The summed E-state index contributed by atoms with van der Waals surface area (Å²) in [4.78, 5) is 11.6. The Hall–Kier alpha value is -1.30. The van der Waals surface area contributed by atoms with Crippen LogP contribution >= 0.6 is 0 Å². The summed E-state index contributed by atoms with van der Waals surface area (Å²) >= 11 is 0. The predicted molar refractivity (Wildman–Crippen MR) is 50.0 cm³/mol. The highest BCUT2D eigenvalue weighted by Gasteiger charge is 2.37. The minimum absolute atomic E-state index is 0.0278. The van der Waals surface area contributed by atoms with E-state index in [2.05, 4.69) is 10.5 Å². The molecule has 0 aromatic heterocycles. The number of nitrogens with zero attached hydrogens (tertiary/aromatic N) is 1. The molecule has 1 atom stereocenters. The summed E-state index contributed by atoms with van der Waals surface area (Å²) in [6.45, 7) is 2.38. The van der Waals surface area contributed by atoms with Crippen LogP contribution in [0.5, 0.6) is 0 Å². The molecule has 1 aliphatic rings. The van der Waals surface area contributed by atoms with Gasteiger partial charge in [0.05, 0.1) is 6.54 Å². The molecule has 6 nitrogen and oxygen atoms in total. The molecule has 0 aromatic rings. The Kier molecular flexibility index (Phi) is 3.29. The van der Waals surface area contributed by atoms with Crippen LogP contribution in [0.2, 0.25) is 0 Å². The van der Waals surface area contributed by atoms with Gasteiger partial charge in [0.15, 0.2) is 5.84 Å². The van der Waals surface area contributed by atoms with Gasteiger partial charge in [-0.05, 0) is 19.8 Å². The first-order chi connectivity index (χ1) is 6.58. The smallest absolute Gasteiger partial charge is 0.252 e. The topological polar surface area (TPSA) is 96.9 Å². The van der Waals surface area contributed by atoms with Crippen molar-refractivity contribution in [2.45, 2.75) is 25.4 Å². The molecule has 4 N–H and O–H groups in total. The van der Waals surface area contributed by atoms with Gasteiger partial charge in [0.25, 0.3) is 5.91 Å². The predicted octanol–water partition coefficient (Wildman–Crippen LogP) is -0.582. The fraction of sp³-hybridized carbons (Fsp3) is 0.750. The lowest BCUT2D eigenvalue weighted by Crippen LogP contribution is -2.46. The van der Waals surface area contributed by atoms with Crippen molar-refractivity contribution in [2.24, 2.45) is 10.9 Å². The van der Waals surface area contributed by atoms with Gasteiger partial charge >= 0.3 is 0 Å². The van der Waals surface area contributed by atoms with Crippen LogP contribution in [-0.4, -0.2) is 35.7 Å². The Morgan fingerprint density at radius 2 is 2.50 bits per heavy atom. The molecular weight excluding hydrogens is 186 g/mol. The van der Waals surface area contributed by atoms with Gasteiger partial charge in [-0.3, -0.25) is 4.79 Å². The second kappa shape index (κ2) is 4.28. The summed E-state index contributed by atoms with van der Waals surface area (Å²) < 4.78 is 5.31. The third-order valence-corrected chi connectivity index (χ3v) is 2.26. The van der Waals surface area contributed by atoms with Crippen LogP contribution in [0.15, 0.2) is 5.16 Å². The molecule has 1 rings (SSSR count). The molecule has 0 saturated carbocycles. The lowest BCUT2D eigenvalue weighted by molar-refractivity contribution is -0.139. The molecular formula is C8H15N3O3. The number of carbonyl (C=O) groups is 1. The van der Waals surface area contributed by atoms with E-state index >= 15 is 0 Å². The van der Waals surface area contributed by atoms with Gasteiger partial charge in [-0.2, -0.15) is 0 Å². The number of amides is 1. The number of carbonyl (C=O) groups excluding carboxylic acids is 1. The number of rotatable bonds is 3. The SMILES string of the molecule is CC1(C(=O)NCC(N)=NO)CCCO1. The largest absolute Gasteiger partial charge is 0.409 e. The molecule has 1 saturated heterocycles. The zero-order valence-corrected chi connectivity index (χ0v) is 8.12. The third kappa shape index (κ3) is 2.35. The summed E-state index contributed by atoms with van der Waals surface area (Å²) in [5.74, 6) is -0.249. The lowest BCUT2D eigenvalue weighted by atomic mass is 10.0. The first kappa shape index (κ1) is 10.8. The second-order valence-corrected chi connectivity index (χ2v) is 3.46. The molecule has 0 radical (unpaired) electrons. The van der Waals surface area contributed by atoms with E-state index < -0.39 is 5.60 Å². The van der Waals surface area contributed by atoms with Crippen molar-refractivity contribution in [3.8, 4) is 0 Å². The molecule has 1 fully saturated rings. The molecule has 14 heavy (non-hydrogen) atoms. The summed E-state index contributed by atoms with van der Waals surface area (Å²) in [5, 5.41) is 13.5. The van der Waals surface area contributed by atoms with Crippen molar-refractivity contribution < 1.29 is 14.7 Å². The second-order valence-electron chi connectivity index (χ2n) is 3.46. The van der Waals surface area contributed by atoms with Crippen molar-refractivity contribution >= 4 is 11.7 Å². The Balaban J connectivity index is 2.42. The highest BCUT2D eigenvalue weighted by Crippen LogP contribution is 2.24. The van der Waals surface area contributed by atoms with Gasteiger partial charge in [0, 0.05) is 6.61 Å². The first-order valence-electron chi connectivity index (χ1n) is 4.47. The average molecular weight is 201 g/mol. The van der Waals surface area contributed by atoms with Crippen molar-refractivity contribution in [3.05, 3.63) is 0 Å². The molecule has 1 heterocycles. The van der Waals surface area contributed by atoms with Gasteiger partial charge in [-0.15, -0.1) is 0 Å². The van der Waals surface area contributed by atoms with Crippen molar-refractivity contribution in [2.75, 3.05) is 13.2 Å². The molecule has 80 valence electrons. The molecule has 0 aliphatic carbocycles. The quantitative estimate of drug-likeness (QED) is 0.246. The number of nitrogens with one attached hydrogen (secondary N) is 1. The Morgan fingerprint density at radius 1 is 1.79 bits per heavy atom. The lowest BCUT2D eigenvalue weighted by Gasteiger charge is -2.21. The Labute approximate surface area is 82.1 Å². The normalized spacial score (nSPS) is 27.6. The highest BCUT2D eigenvalue weighted by atomic mass is 16.5. The number of hydrogen-bond acceptors (Lipinski definition) is 4. The molecule has 1 amide bonds. The summed E-state index contributed by atoms with van der Waals surface area (Å²) in [7, 11) is 0. The summed E-state index contributed by atoms with van der Waals surface area (Å²) in [6, 6.07) is 0. The van der Waals surface area contributed by atoms with Crippen molar-refractivity contribution in [3.63, 3.8) is 0 Å². The van der Waals surface area contributed by atoms with Crippen LogP contribution in [0.3, 0.4) is 0 Å². The van der Waals surface area contributed by atoms with E-state index in [4.69, 9.17) is 15.7 Å². The standard InChI is InChI=1S/C8H15N3O3/c1-8(3-2-4-14-8)7(12)10-5-6(9)11-13/h13H,2-5H2,1H3,(H2,9,11)(H,10,12). The summed E-state index contributed by atoms with van der Waals surface area (Å²) in [5.41, 5.74) is 4.45. The van der Waals surface area contributed by atoms with Crippen LogP contribution in [0.1, 0.15) is 19.8 Å². The number of oxime groups is 1. The first-order valence-corrected chi connectivity index (χ1v) is 4.47. The van der Waals surface area contributed by atoms with E-state index in [0.717, 1.165) is 6.42 Å². The fourth-order valence-electron chi connectivity index (χ4n) is 1.35. The Bertz CT molecular complexity index is 246. The number of ether oxygens (including phenoxy) is 1. The van der Waals surface area contributed by atoms with E-state index in [1.165, 1.54) is 0 Å². The molecule has 1 aliphatic heterocycles. The molecule has 6 heteroatoms. The van der Waals surface area contributed by atoms with Gasteiger partial charge in [0.1, 0.15) is 5.60 Å². The molecule has 0 bridgehead atoms.